The number of nitrogens with zero attached hydrogens (tertiary/aromatic N) is 2. The van der Waals surface area contributed by atoms with Crippen molar-refractivity contribution < 1.29 is 113 Å². The van der Waals surface area contributed by atoms with E-state index in [0.717, 1.165) is 16.5 Å². The molecule has 0 bridgehead atoms. The SMILES string of the molecule is CC1(C)SC(c2nc3ccc([O-])cc3s2)=N/C1=C(\OP(=O)([O-])[O-])Sc1ccc(Cl)cc1.[Na+].[Na+].[Na+]. The van der Waals surface area contributed by atoms with E-state index in [-0.39, 0.29) is 99.5 Å². The fraction of sp³-hybridized carbons (Fsp3) is 0.158. The van der Waals surface area contributed by atoms with Crippen molar-refractivity contribution in [3.8, 4) is 5.75 Å². The molecule has 0 fully saturated rings. The van der Waals surface area contributed by atoms with Crippen molar-refractivity contribution in [2.24, 2.45) is 4.99 Å². The van der Waals surface area contributed by atoms with Crippen molar-refractivity contribution in [3.63, 3.8) is 0 Å². The van der Waals surface area contributed by atoms with Crippen LogP contribution in [0.4, 0.5) is 0 Å². The first-order valence-electron chi connectivity index (χ1n) is 8.76. The largest absolute Gasteiger partial charge is 1.00 e. The van der Waals surface area contributed by atoms with Gasteiger partial charge in [-0.1, -0.05) is 47.3 Å². The molecule has 1 aliphatic heterocycles. The molecule has 4 rings (SSSR count). The van der Waals surface area contributed by atoms with Crippen LogP contribution in [0.2, 0.25) is 5.02 Å². The van der Waals surface area contributed by atoms with Crippen LogP contribution in [0.15, 0.2) is 63.1 Å². The van der Waals surface area contributed by atoms with Crippen LogP contribution in [0, 0.1) is 0 Å². The number of phosphoric acid groups is 1. The summed E-state index contributed by atoms with van der Waals surface area (Å²) in [6, 6.07) is 11.3. The third kappa shape index (κ3) is 8.50. The normalized spacial score (nSPS) is 16.1. The fourth-order valence-electron chi connectivity index (χ4n) is 2.75. The molecule has 15 heteroatoms. The third-order valence-corrected chi connectivity index (χ3v) is 8.18. The predicted octanol–water partition coefficient (Wildman–Crippen LogP) is -4.89. The molecule has 162 valence electrons. The van der Waals surface area contributed by atoms with Crippen LogP contribution in [-0.2, 0) is 9.09 Å². The topological polar surface area (TPSA) is 121 Å². The molecule has 7 nitrogen and oxygen atoms in total. The molecule has 0 N–H and O–H groups in total. The molecular formula is C19H13ClN2Na3O5PS3. The van der Waals surface area contributed by atoms with Crippen molar-refractivity contribution in [1.82, 2.24) is 4.98 Å². The molecule has 0 radical (unpaired) electrons. The van der Waals surface area contributed by atoms with E-state index in [1.165, 1.54) is 35.2 Å². The Kier molecular flexibility index (Phi) is 13.3. The quantitative estimate of drug-likeness (QED) is 0.128. The molecule has 1 aliphatic rings. The number of halogens is 1. The summed E-state index contributed by atoms with van der Waals surface area (Å²) < 4.78 is 16.3. The summed E-state index contributed by atoms with van der Waals surface area (Å²) in [7, 11) is -5.33. The third-order valence-electron chi connectivity index (χ3n) is 4.09. The Balaban J connectivity index is 0.00000193. The minimum absolute atomic E-state index is 0. The van der Waals surface area contributed by atoms with Crippen LogP contribution >= 0.6 is 54.3 Å². The van der Waals surface area contributed by atoms with E-state index in [2.05, 4.69) is 9.98 Å². The van der Waals surface area contributed by atoms with Crippen LogP contribution in [0.25, 0.3) is 10.2 Å². The summed E-state index contributed by atoms with van der Waals surface area (Å²) in [6.45, 7) is 3.69. The molecule has 1 aromatic heterocycles. The van der Waals surface area contributed by atoms with Gasteiger partial charge in [-0.25, -0.2) is 9.98 Å². The van der Waals surface area contributed by atoms with Gasteiger partial charge in [0.05, 0.1) is 15.0 Å². The van der Waals surface area contributed by atoms with Gasteiger partial charge in [-0.05, 0) is 44.2 Å². The van der Waals surface area contributed by atoms with Gasteiger partial charge in [0, 0.05) is 9.92 Å². The number of rotatable bonds is 5. The summed E-state index contributed by atoms with van der Waals surface area (Å²) in [5.41, 5.74) is 0.983. The Bertz CT molecular complexity index is 1280. The monoisotopic (exact) mass is 580 g/mol. The first-order valence-corrected chi connectivity index (χ1v) is 13.0. The van der Waals surface area contributed by atoms with E-state index in [0.29, 0.717) is 31.2 Å². The minimum Gasteiger partial charge on any atom is -0.872 e. The second-order valence-corrected chi connectivity index (χ2v) is 12.1. The summed E-state index contributed by atoms with van der Waals surface area (Å²) in [6.07, 6.45) is 0. The van der Waals surface area contributed by atoms with Gasteiger partial charge in [0.1, 0.15) is 23.6 Å². The van der Waals surface area contributed by atoms with Gasteiger partial charge < -0.3 is 24.0 Å². The second kappa shape index (κ2) is 13.5. The number of thiazole rings is 1. The number of thioether (sulfide) groups is 2. The Morgan fingerprint density at radius 1 is 1.12 bits per heavy atom. The summed E-state index contributed by atoms with van der Waals surface area (Å²) in [5, 5.41) is 13.2. The zero-order valence-electron chi connectivity index (χ0n) is 19.0. The van der Waals surface area contributed by atoms with Crippen LogP contribution in [0.3, 0.4) is 0 Å². The van der Waals surface area contributed by atoms with Gasteiger partial charge in [-0.2, -0.15) is 0 Å². The first-order chi connectivity index (χ1) is 14.5. The van der Waals surface area contributed by atoms with Gasteiger partial charge in [0.25, 0.3) is 0 Å². The molecule has 0 saturated carbocycles. The van der Waals surface area contributed by atoms with Gasteiger partial charge in [-0.3, -0.25) is 0 Å². The van der Waals surface area contributed by atoms with Crippen molar-refractivity contribution in [1.29, 1.82) is 0 Å². The van der Waals surface area contributed by atoms with Crippen LogP contribution in [0.1, 0.15) is 18.9 Å². The van der Waals surface area contributed by atoms with E-state index in [1.54, 1.807) is 30.3 Å². The van der Waals surface area contributed by atoms with E-state index < -0.39 is 12.6 Å². The van der Waals surface area contributed by atoms with Crippen molar-refractivity contribution >= 4 is 69.5 Å². The molecular weight excluding hydrogens is 568 g/mol. The Morgan fingerprint density at radius 2 is 1.76 bits per heavy atom. The standard InChI is InChI=1S/C19H16ClN2O5PS3.3Na/c1-19(2)15(18(27-28(24,25)26)29-12-6-3-10(20)4-7-12)22-17(31-19)16-21-13-8-5-11(23)9-14(13)30-16;;;/h3-9,23H,1-2H3,(H2,24,25,26);;;/q;3*+1/p-3/b18-15+;;;. The van der Waals surface area contributed by atoms with E-state index in [4.69, 9.17) is 16.1 Å². The molecule has 34 heavy (non-hydrogen) atoms. The fourth-order valence-corrected chi connectivity index (χ4v) is 6.65. The Labute approximate surface area is 280 Å². The average molecular weight is 581 g/mol. The summed E-state index contributed by atoms with van der Waals surface area (Å²) in [4.78, 5) is 32.6. The maximum atomic E-state index is 11.6. The maximum absolute atomic E-state index is 11.6. The summed E-state index contributed by atoms with van der Waals surface area (Å²) in [5.74, 6) is -0.110. The molecule has 0 spiro atoms. The number of aliphatic imine (C=N–C) groups is 1. The van der Waals surface area contributed by atoms with Crippen LogP contribution < -0.4 is 104 Å². The predicted molar refractivity (Wildman–Crippen MR) is 120 cm³/mol. The molecule has 0 amide bonds. The van der Waals surface area contributed by atoms with Gasteiger partial charge in [-0.15, -0.1) is 17.1 Å². The molecule has 0 atom stereocenters. The Hall–Kier alpha value is 1.48. The van der Waals surface area contributed by atoms with Crippen LogP contribution in [-0.4, -0.2) is 14.8 Å². The number of hydrogen-bond donors (Lipinski definition) is 0. The van der Waals surface area contributed by atoms with Crippen molar-refractivity contribution in [3.05, 3.63) is 63.3 Å². The van der Waals surface area contributed by atoms with Gasteiger partial charge >= 0.3 is 88.7 Å². The van der Waals surface area contributed by atoms with Crippen molar-refractivity contribution in [2.75, 3.05) is 0 Å². The molecule has 0 unspecified atom stereocenters. The molecule has 0 aliphatic carbocycles. The molecule has 0 saturated heterocycles. The van der Waals surface area contributed by atoms with Gasteiger partial charge in [0.15, 0.2) is 5.09 Å². The molecule has 2 aromatic carbocycles. The Morgan fingerprint density at radius 3 is 2.38 bits per heavy atom. The number of benzene rings is 2. The smallest absolute Gasteiger partial charge is 0.872 e. The number of fused-ring (bicyclic) bond motifs is 1. The second-order valence-electron chi connectivity index (χ2n) is 6.91. The van der Waals surface area contributed by atoms with E-state index in [1.807, 2.05) is 13.8 Å². The zero-order chi connectivity index (χ0) is 22.4. The molecule has 2 heterocycles. The number of aromatic nitrogens is 1. The number of hydrogen-bond acceptors (Lipinski definition) is 10. The van der Waals surface area contributed by atoms with Crippen molar-refractivity contribution in [2.45, 2.75) is 23.5 Å². The summed E-state index contributed by atoms with van der Waals surface area (Å²) >= 11 is 9.57. The zero-order valence-corrected chi connectivity index (χ0v) is 29.1. The number of phosphoric ester groups is 1. The first kappa shape index (κ1) is 33.5. The van der Waals surface area contributed by atoms with E-state index >= 15 is 0 Å². The maximum Gasteiger partial charge on any atom is 1.00 e. The van der Waals surface area contributed by atoms with Crippen LogP contribution in [0.5, 0.6) is 5.75 Å². The van der Waals surface area contributed by atoms with E-state index in [9.17, 15) is 19.5 Å². The average Bonchev–Trinajstić information content (AvgIpc) is 3.21. The molecule has 3 aromatic rings. The van der Waals surface area contributed by atoms with Gasteiger partial charge in [0.2, 0.25) is 0 Å². The minimum atomic E-state index is -5.33.